The number of rotatable bonds is 4. The minimum atomic E-state index is -0.416. The molecular weight excluding hydrogens is 388 g/mol. The van der Waals surface area contributed by atoms with Crippen LogP contribution in [-0.4, -0.2) is 23.6 Å². The number of fused-ring (bicyclic) bond motifs is 1. The first-order valence-corrected chi connectivity index (χ1v) is 9.45. The predicted octanol–water partition coefficient (Wildman–Crippen LogP) is 4.10. The summed E-state index contributed by atoms with van der Waals surface area (Å²) in [5, 5.41) is 3.52. The minimum absolute atomic E-state index is 0.179. The Balaban J connectivity index is 1.41. The number of ether oxygens (including phenoxy) is 1. The molecule has 5 nitrogen and oxygen atoms in total. The average Bonchev–Trinajstić information content (AvgIpc) is 2.74. The number of hydrogen-bond acceptors (Lipinski definition) is 3. The summed E-state index contributed by atoms with van der Waals surface area (Å²) in [6, 6.07) is 14.2. The molecule has 29 heavy (non-hydrogen) atoms. The maximum Gasteiger partial charge on any atom is 0.312 e. The fraction of sp³-hybridized carbons (Fsp3) is 0.0870. The van der Waals surface area contributed by atoms with Crippen LogP contribution in [0.1, 0.15) is 21.5 Å². The molecule has 0 radical (unpaired) electrons. The summed E-state index contributed by atoms with van der Waals surface area (Å²) in [5.41, 5.74) is 2.83. The smallest absolute Gasteiger partial charge is 0.312 e. The molecule has 1 atom stereocenters. The van der Waals surface area contributed by atoms with Gasteiger partial charge in [0.2, 0.25) is 0 Å². The van der Waals surface area contributed by atoms with Crippen LogP contribution in [0.5, 0.6) is 0 Å². The van der Waals surface area contributed by atoms with Gasteiger partial charge in [-0.2, -0.15) is 0 Å². The molecular formula is C23H17ClN2O3. The van der Waals surface area contributed by atoms with Crippen molar-refractivity contribution in [1.82, 2.24) is 5.32 Å². The molecule has 6 heteroatoms. The number of aliphatic imine (C=N–C) groups is 1. The molecule has 2 aliphatic rings. The SMILES string of the molecule is O=C1N=C2C=CC=CC2O/C1=C\c1ccc(C(=O)NCc2ccc(Cl)cc2)cc1. The average molecular weight is 405 g/mol. The lowest BCUT2D eigenvalue weighted by atomic mass is 10.1. The summed E-state index contributed by atoms with van der Waals surface area (Å²) in [6.07, 6.45) is 8.56. The van der Waals surface area contributed by atoms with E-state index in [9.17, 15) is 9.59 Å². The number of halogens is 1. The fourth-order valence-corrected chi connectivity index (χ4v) is 3.06. The van der Waals surface area contributed by atoms with Crippen molar-refractivity contribution in [3.8, 4) is 0 Å². The summed E-state index contributed by atoms with van der Waals surface area (Å²) >= 11 is 5.86. The molecule has 144 valence electrons. The van der Waals surface area contributed by atoms with Crippen LogP contribution in [0.3, 0.4) is 0 Å². The first kappa shape index (κ1) is 18.9. The van der Waals surface area contributed by atoms with E-state index < -0.39 is 5.91 Å². The van der Waals surface area contributed by atoms with Gasteiger partial charge in [-0.15, -0.1) is 0 Å². The van der Waals surface area contributed by atoms with Crippen LogP contribution in [0.2, 0.25) is 5.02 Å². The van der Waals surface area contributed by atoms with Crippen molar-refractivity contribution in [2.75, 3.05) is 0 Å². The molecule has 0 saturated carbocycles. The molecule has 2 aromatic rings. The van der Waals surface area contributed by atoms with Crippen LogP contribution < -0.4 is 5.32 Å². The van der Waals surface area contributed by atoms with Crippen molar-refractivity contribution in [2.24, 2.45) is 4.99 Å². The minimum Gasteiger partial charge on any atom is -0.474 e. The van der Waals surface area contributed by atoms with E-state index >= 15 is 0 Å². The molecule has 1 aliphatic carbocycles. The third-order valence-electron chi connectivity index (χ3n) is 4.49. The summed E-state index contributed by atoms with van der Waals surface area (Å²) in [5.74, 6) is -0.419. The first-order chi connectivity index (χ1) is 14.1. The number of nitrogens with zero attached hydrogens (tertiary/aromatic N) is 1. The number of carbonyl (C=O) groups excluding carboxylic acids is 2. The van der Waals surface area contributed by atoms with Crippen LogP contribution in [-0.2, 0) is 16.1 Å². The van der Waals surface area contributed by atoms with E-state index in [0.29, 0.717) is 22.8 Å². The van der Waals surface area contributed by atoms with E-state index in [-0.39, 0.29) is 17.8 Å². The van der Waals surface area contributed by atoms with Gasteiger partial charge in [0.05, 0.1) is 5.71 Å². The van der Waals surface area contributed by atoms with Gasteiger partial charge in [0, 0.05) is 17.1 Å². The van der Waals surface area contributed by atoms with E-state index in [1.807, 2.05) is 30.4 Å². The third-order valence-corrected chi connectivity index (χ3v) is 4.74. The van der Waals surface area contributed by atoms with Gasteiger partial charge in [-0.1, -0.05) is 48.0 Å². The van der Waals surface area contributed by atoms with E-state index in [4.69, 9.17) is 16.3 Å². The quantitative estimate of drug-likeness (QED) is 0.780. The second kappa shape index (κ2) is 8.29. The van der Waals surface area contributed by atoms with Crippen molar-refractivity contribution in [3.05, 3.63) is 100 Å². The van der Waals surface area contributed by atoms with Crippen LogP contribution in [0.15, 0.2) is 83.6 Å². The van der Waals surface area contributed by atoms with Crippen molar-refractivity contribution in [1.29, 1.82) is 0 Å². The molecule has 0 spiro atoms. The maximum atomic E-state index is 12.3. The topological polar surface area (TPSA) is 67.8 Å². The maximum absolute atomic E-state index is 12.3. The molecule has 1 heterocycles. The molecule has 2 aromatic carbocycles. The van der Waals surface area contributed by atoms with E-state index in [1.165, 1.54) is 0 Å². The summed E-state index contributed by atoms with van der Waals surface area (Å²) < 4.78 is 5.73. The summed E-state index contributed by atoms with van der Waals surface area (Å²) in [6.45, 7) is 0.411. The third kappa shape index (κ3) is 4.52. The first-order valence-electron chi connectivity index (χ1n) is 9.07. The lowest BCUT2D eigenvalue weighted by Gasteiger charge is -2.22. The number of amides is 2. The largest absolute Gasteiger partial charge is 0.474 e. The Morgan fingerprint density at radius 3 is 2.62 bits per heavy atom. The van der Waals surface area contributed by atoms with Gasteiger partial charge in [0.1, 0.15) is 0 Å². The Morgan fingerprint density at radius 1 is 1.10 bits per heavy atom. The number of benzene rings is 2. The highest BCUT2D eigenvalue weighted by atomic mass is 35.5. The Morgan fingerprint density at radius 2 is 1.86 bits per heavy atom. The van der Waals surface area contributed by atoms with Crippen molar-refractivity contribution >= 4 is 35.2 Å². The Labute approximate surface area is 173 Å². The Bertz CT molecular complexity index is 1060. The van der Waals surface area contributed by atoms with Gasteiger partial charge < -0.3 is 10.1 Å². The molecule has 0 saturated heterocycles. The zero-order valence-corrected chi connectivity index (χ0v) is 16.1. The van der Waals surface area contributed by atoms with Crippen LogP contribution in [0.4, 0.5) is 0 Å². The van der Waals surface area contributed by atoms with E-state index in [1.54, 1.807) is 48.6 Å². The number of carbonyl (C=O) groups is 2. The van der Waals surface area contributed by atoms with Crippen molar-refractivity contribution < 1.29 is 14.3 Å². The van der Waals surface area contributed by atoms with Crippen molar-refractivity contribution in [2.45, 2.75) is 12.6 Å². The highest BCUT2D eigenvalue weighted by Crippen LogP contribution is 2.20. The molecule has 0 aromatic heterocycles. The lowest BCUT2D eigenvalue weighted by Crippen LogP contribution is -2.29. The number of allylic oxidation sites excluding steroid dienone is 2. The standard InChI is InChI=1S/C23H17ClN2O3/c24-18-11-7-16(8-12-18)14-25-22(27)17-9-5-15(6-10-17)13-21-23(28)26-19-3-1-2-4-20(19)29-21/h1-13,20H,14H2,(H,25,27)/b21-13-. The van der Waals surface area contributed by atoms with Gasteiger partial charge >= 0.3 is 5.91 Å². The lowest BCUT2D eigenvalue weighted by molar-refractivity contribution is -0.118. The molecule has 4 rings (SSSR count). The van der Waals surface area contributed by atoms with Gasteiger partial charge in [-0.3, -0.25) is 9.59 Å². The normalized spacial score (nSPS) is 18.8. The second-order valence-electron chi connectivity index (χ2n) is 6.56. The fourth-order valence-electron chi connectivity index (χ4n) is 2.94. The monoisotopic (exact) mass is 404 g/mol. The highest BCUT2D eigenvalue weighted by molar-refractivity contribution is 6.30. The Hall–Kier alpha value is -3.44. The van der Waals surface area contributed by atoms with Crippen LogP contribution in [0.25, 0.3) is 6.08 Å². The van der Waals surface area contributed by atoms with Gasteiger partial charge in [-0.05, 0) is 53.6 Å². The predicted molar refractivity (Wildman–Crippen MR) is 113 cm³/mol. The molecule has 1 aliphatic heterocycles. The summed E-state index contributed by atoms with van der Waals surface area (Å²) in [4.78, 5) is 28.6. The second-order valence-corrected chi connectivity index (χ2v) is 7.00. The van der Waals surface area contributed by atoms with Crippen LogP contribution >= 0.6 is 11.6 Å². The zero-order valence-electron chi connectivity index (χ0n) is 15.3. The van der Waals surface area contributed by atoms with Gasteiger partial charge in [0.25, 0.3) is 5.91 Å². The molecule has 0 fully saturated rings. The molecule has 1 N–H and O–H groups in total. The van der Waals surface area contributed by atoms with Crippen LogP contribution in [0, 0.1) is 0 Å². The van der Waals surface area contributed by atoms with Gasteiger partial charge in [0.15, 0.2) is 11.9 Å². The number of nitrogens with one attached hydrogen (secondary N) is 1. The Kier molecular flexibility index (Phi) is 5.40. The molecule has 2 amide bonds. The van der Waals surface area contributed by atoms with Crippen molar-refractivity contribution in [3.63, 3.8) is 0 Å². The van der Waals surface area contributed by atoms with E-state index in [0.717, 1.165) is 11.1 Å². The number of hydrogen-bond donors (Lipinski definition) is 1. The van der Waals surface area contributed by atoms with Gasteiger partial charge in [-0.25, -0.2) is 4.99 Å². The zero-order chi connectivity index (χ0) is 20.2. The summed E-state index contributed by atoms with van der Waals surface area (Å²) in [7, 11) is 0. The molecule has 0 bridgehead atoms. The van der Waals surface area contributed by atoms with E-state index in [2.05, 4.69) is 10.3 Å². The highest BCUT2D eigenvalue weighted by Gasteiger charge is 2.26. The molecule has 1 unspecified atom stereocenters.